The van der Waals surface area contributed by atoms with Crippen molar-refractivity contribution in [2.75, 3.05) is 25.0 Å². The Hall–Kier alpha value is -2.70. The Balaban J connectivity index is 1.45. The number of aromatic amines is 1. The lowest BCUT2D eigenvalue weighted by molar-refractivity contribution is -0.132. The topological polar surface area (TPSA) is 78.0 Å². The number of carbonyl (C=O) groups excluding carboxylic acids is 1. The van der Waals surface area contributed by atoms with Gasteiger partial charge in [0.05, 0.1) is 17.1 Å². The molecule has 1 aliphatic carbocycles. The normalized spacial score (nSPS) is 20.3. The van der Waals surface area contributed by atoms with Crippen molar-refractivity contribution in [3.05, 3.63) is 24.8 Å². The van der Waals surface area contributed by atoms with Gasteiger partial charge in [-0.2, -0.15) is 0 Å². The van der Waals surface area contributed by atoms with Crippen molar-refractivity contribution in [1.82, 2.24) is 24.8 Å². The fraction of sp³-hybridized carbons (Fsp3) is 0.500. The summed E-state index contributed by atoms with van der Waals surface area (Å²) in [4.78, 5) is 33.5. The van der Waals surface area contributed by atoms with Crippen LogP contribution < -0.4 is 4.90 Å². The van der Waals surface area contributed by atoms with Crippen molar-refractivity contribution in [1.29, 1.82) is 0 Å². The van der Waals surface area contributed by atoms with E-state index in [1.807, 2.05) is 24.2 Å². The number of fused-ring (bicyclic) bond motifs is 3. The first kappa shape index (κ1) is 16.5. The highest BCUT2D eigenvalue weighted by Crippen LogP contribution is 2.34. The van der Waals surface area contributed by atoms with Crippen molar-refractivity contribution in [3.8, 4) is 0 Å². The minimum Gasteiger partial charge on any atom is -0.354 e. The van der Waals surface area contributed by atoms with Crippen LogP contribution in [-0.2, 0) is 4.79 Å². The van der Waals surface area contributed by atoms with Crippen LogP contribution in [0.15, 0.2) is 24.8 Å². The van der Waals surface area contributed by atoms with Gasteiger partial charge in [-0.15, -0.1) is 0 Å². The summed E-state index contributed by atoms with van der Waals surface area (Å²) in [5.74, 6) is 1.86. The molecule has 7 nitrogen and oxygen atoms in total. The van der Waals surface area contributed by atoms with Crippen molar-refractivity contribution < 1.29 is 4.79 Å². The van der Waals surface area contributed by atoms with Gasteiger partial charge in [0, 0.05) is 44.2 Å². The zero-order valence-corrected chi connectivity index (χ0v) is 15.6. The van der Waals surface area contributed by atoms with E-state index in [-0.39, 0.29) is 11.9 Å². The molecule has 0 radical (unpaired) electrons. The highest BCUT2D eigenvalue weighted by molar-refractivity contribution is 6.08. The number of amides is 1. The van der Waals surface area contributed by atoms with Crippen molar-refractivity contribution in [2.45, 2.75) is 38.1 Å². The predicted molar refractivity (Wildman–Crippen MR) is 105 cm³/mol. The first-order chi connectivity index (χ1) is 13.2. The molecule has 0 spiro atoms. The number of piperidine rings is 1. The van der Waals surface area contributed by atoms with E-state index >= 15 is 0 Å². The highest BCUT2D eigenvalue weighted by atomic mass is 16.2. The van der Waals surface area contributed by atoms with E-state index in [4.69, 9.17) is 0 Å². The summed E-state index contributed by atoms with van der Waals surface area (Å²) >= 11 is 0. The summed E-state index contributed by atoms with van der Waals surface area (Å²) < 4.78 is 0. The maximum atomic E-state index is 12.6. The van der Waals surface area contributed by atoms with E-state index in [0.29, 0.717) is 12.3 Å². The molecule has 1 aliphatic heterocycles. The van der Waals surface area contributed by atoms with E-state index in [1.165, 1.54) is 12.8 Å². The Bertz CT molecular complexity index is 994. The second-order valence-electron chi connectivity index (χ2n) is 7.85. The summed E-state index contributed by atoms with van der Waals surface area (Å²) in [5.41, 5.74) is 1.70. The van der Waals surface area contributed by atoms with Gasteiger partial charge in [-0.1, -0.05) is 0 Å². The monoisotopic (exact) mass is 364 g/mol. The number of anilines is 1. The SMILES string of the molecule is CN(C(=O)CC1CC1)C1CCCN(c2ncnc3cnc4[nH]ccc4c23)C1. The number of carbonyl (C=O) groups is 1. The molecule has 5 rings (SSSR count). The molecular formula is C20H24N6O. The van der Waals surface area contributed by atoms with Gasteiger partial charge in [0.2, 0.25) is 5.91 Å². The average Bonchev–Trinajstić information content (AvgIpc) is 3.38. The van der Waals surface area contributed by atoms with Gasteiger partial charge in [0.15, 0.2) is 0 Å². The lowest BCUT2D eigenvalue weighted by Gasteiger charge is -2.38. The number of nitrogens with zero attached hydrogens (tertiary/aromatic N) is 5. The quantitative estimate of drug-likeness (QED) is 0.770. The van der Waals surface area contributed by atoms with Crippen LogP contribution in [0.3, 0.4) is 0 Å². The largest absolute Gasteiger partial charge is 0.354 e. The summed E-state index contributed by atoms with van der Waals surface area (Å²) in [6.07, 6.45) is 10.5. The van der Waals surface area contributed by atoms with Crippen LogP contribution in [0.5, 0.6) is 0 Å². The van der Waals surface area contributed by atoms with E-state index in [0.717, 1.165) is 53.7 Å². The maximum Gasteiger partial charge on any atom is 0.222 e. The second kappa shape index (κ2) is 6.48. The van der Waals surface area contributed by atoms with Crippen LogP contribution in [-0.4, -0.2) is 56.9 Å². The van der Waals surface area contributed by atoms with Gasteiger partial charge in [-0.25, -0.2) is 15.0 Å². The molecule has 3 aromatic heterocycles. The lowest BCUT2D eigenvalue weighted by atomic mass is 10.0. The molecule has 1 unspecified atom stereocenters. The number of H-pyrrole nitrogens is 1. The molecule has 0 aromatic carbocycles. The number of hydrogen-bond donors (Lipinski definition) is 1. The Morgan fingerprint density at radius 3 is 3.04 bits per heavy atom. The van der Waals surface area contributed by atoms with Gasteiger partial charge in [-0.3, -0.25) is 4.79 Å². The molecule has 1 N–H and O–H groups in total. The van der Waals surface area contributed by atoms with Crippen LogP contribution in [0.4, 0.5) is 5.82 Å². The highest BCUT2D eigenvalue weighted by Gasteiger charge is 2.31. The fourth-order valence-corrected chi connectivity index (χ4v) is 4.16. The molecule has 7 heteroatoms. The van der Waals surface area contributed by atoms with Crippen LogP contribution in [0.1, 0.15) is 32.1 Å². The minimum atomic E-state index is 0.235. The third kappa shape index (κ3) is 3.01. The molecule has 140 valence electrons. The third-order valence-corrected chi connectivity index (χ3v) is 5.96. The molecule has 0 bridgehead atoms. The van der Waals surface area contributed by atoms with Crippen molar-refractivity contribution in [2.24, 2.45) is 5.92 Å². The first-order valence-electron chi connectivity index (χ1n) is 9.78. The van der Waals surface area contributed by atoms with E-state index in [1.54, 1.807) is 12.5 Å². The molecule has 4 heterocycles. The van der Waals surface area contributed by atoms with Crippen LogP contribution in [0, 0.1) is 5.92 Å². The van der Waals surface area contributed by atoms with Crippen LogP contribution in [0.2, 0.25) is 0 Å². The molecule has 1 amide bonds. The Morgan fingerprint density at radius 2 is 2.19 bits per heavy atom. The van der Waals surface area contributed by atoms with Gasteiger partial charge >= 0.3 is 0 Å². The van der Waals surface area contributed by atoms with Gasteiger partial charge in [-0.05, 0) is 37.7 Å². The molecule has 1 saturated carbocycles. The van der Waals surface area contributed by atoms with Crippen molar-refractivity contribution >= 4 is 33.7 Å². The van der Waals surface area contributed by atoms with Gasteiger partial charge < -0.3 is 14.8 Å². The Kier molecular flexibility index (Phi) is 3.95. The molecule has 2 aliphatic rings. The van der Waals surface area contributed by atoms with Crippen LogP contribution in [0.25, 0.3) is 21.9 Å². The van der Waals surface area contributed by atoms with Crippen LogP contribution >= 0.6 is 0 Å². The van der Waals surface area contributed by atoms with E-state index < -0.39 is 0 Å². The third-order valence-electron chi connectivity index (χ3n) is 5.96. The summed E-state index contributed by atoms with van der Waals surface area (Å²) in [6, 6.07) is 2.27. The summed E-state index contributed by atoms with van der Waals surface area (Å²) in [7, 11) is 1.96. The summed E-state index contributed by atoms with van der Waals surface area (Å²) in [5, 5.41) is 2.08. The zero-order valence-electron chi connectivity index (χ0n) is 15.6. The molecular weight excluding hydrogens is 340 g/mol. The number of hydrogen-bond acceptors (Lipinski definition) is 5. The van der Waals surface area contributed by atoms with Crippen molar-refractivity contribution in [3.63, 3.8) is 0 Å². The van der Waals surface area contributed by atoms with E-state index in [9.17, 15) is 4.79 Å². The predicted octanol–water partition coefficient (Wildman–Crippen LogP) is 2.73. The van der Waals surface area contributed by atoms with Gasteiger partial charge in [0.1, 0.15) is 17.8 Å². The number of nitrogens with one attached hydrogen (secondary N) is 1. The smallest absolute Gasteiger partial charge is 0.222 e. The minimum absolute atomic E-state index is 0.235. The number of likely N-dealkylation sites (N-methyl/N-ethyl adjacent to an activating group) is 1. The second-order valence-corrected chi connectivity index (χ2v) is 7.85. The first-order valence-corrected chi connectivity index (χ1v) is 9.78. The van der Waals surface area contributed by atoms with Gasteiger partial charge in [0.25, 0.3) is 0 Å². The molecule has 27 heavy (non-hydrogen) atoms. The number of aromatic nitrogens is 4. The number of pyridine rings is 1. The van der Waals surface area contributed by atoms with E-state index in [2.05, 4.69) is 24.8 Å². The standard InChI is InChI=1S/C20H24N6O/c1-25(17(27)9-13-4-5-13)14-3-2-8-26(11-14)20-18-15-6-7-21-19(15)22-10-16(18)23-12-24-20/h6-7,10,12-14H,2-5,8-9,11H2,1H3,(H,21,22). The molecule has 1 saturated heterocycles. The number of rotatable bonds is 4. The Labute approximate surface area is 157 Å². The fourth-order valence-electron chi connectivity index (χ4n) is 4.16. The zero-order chi connectivity index (χ0) is 18.4. The average molecular weight is 364 g/mol. The maximum absolute atomic E-state index is 12.6. The molecule has 2 fully saturated rings. The molecule has 3 aromatic rings. The summed E-state index contributed by atoms with van der Waals surface area (Å²) in [6.45, 7) is 1.76. The Morgan fingerprint density at radius 1 is 1.30 bits per heavy atom. The lowest BCUT2D eigenvalue weighted by Crippen LogP contribution is -2.49. The molecule has 1 atom stereocenters.